The smallest absolute Gasteiger partial charge is 0.317 e. The molecular weight excluding hydrogens is 370 g/mol. The number of rotatable bonds is 6. The number of carbonyl (C=O) groups excluding carboxylic acids is 1. The number of piperidine rings is 1. The summed E-state index contributed by atoms with van der Waals surface area (Å²) < 4.78 is 7.75. The van der Waals surface area contributed by atoms with Crippen LogP contribution in [0.2, 0.25) is 0 Å². The number of hydrogen-bond donors (Lipinski definition) is 2. The molecule has 29 heavy (non-hydrogen) atoms. The Morgan fingerprint density at radius 3 is 2.69 bits per heavy atom. The summed E-state index contributed by atoms with van der Waals surface area (Å²) in [6.45, 7) is 1.69. The normalized spacial score (nSPS) is 20.0. The molecule has 4 rings (SSSR count). The van der Waals surface area contributed by atoms with Gasteiger partial charge in [0.2, 0.25) is 0 Å². The number of likely N-dealkylation sites (tertiary alicyclic amines) is 1. The molecule has 1 unspecified atom stereocenters. The maximum absolute atomic E-state index is 12.6. The number of carbonyl (C=O) groups is 1. The van der Waals surface area contributed by atoms with E-state index in [-0.39, 0.29) is 18.7 Å². The van der Waals surface area contributed by atoms with E-state index in [0.717, 1.165) is 43.5 Å². The predicted molar refractivity (Wildman–Crippen MR) is 107 cm³/mol. The highest BCUT2D eigenvalue weighted by Crippen LogP contribution is 2.24. The van der Waals surface area contributed by atoms with E-state index >= 15 is 0 Å². The second kappa shape index (κ2) is 9.26. The maximum Gasteiger partial charge on any atom is 0.317 e. The molecule has 2 amide bonds. The van der Waals surface area contributed by atoms with Crippen molar-refractivity contribution < 1.29 is 14.6 Å². The summed E-state index contributed by atoms with van der Waals surface area (Å²) in [5.41, 5.74) is 1.60. The Hall–Kier alpha value is -2.61. The van der Waals surface area contributed by atoms with Gasteiger partial charge in [-0.1, -0.05) is 17.3 Å². The molecule has 2 fully saturated rings. The quantitative estimate of drug-likeness (QED) is 0.779. The molecule has 2 N–H and O–H groups in total. The average molecular weight is 399 g/mol. The summed E-state index contributed by atoms with van der Waals surface area (Å²) in [5.74, 6) is 0.904. The van der Waals surface area contributed by atoms with Gasteiger partial charge < -0.3 is 20.1 Å². The van der Waals surface area contributed by atoms with Crippen LogP contribution < -0.4 is 10.1 Å². The molecule has 2 aromatic rings. The first kappa shape index (κ1) is 19.7. The first-order chi connectivity index (χ1) is 14.2. The first-order valence-electron chi connectivity index (χ1n) is 10.5. The molecule has 0 radical (unpaired) electrons. The minimum atomic E-state index is -0.124. The van der Waals surface area contributed by atoms with Crippen molar-refractivity contribution in [2.24, 2.45) is 0 Å². The molecule has 1 aromatic heterocycles. The van der Waals surface area contributed by atoms with E-state index in [9.17, 15) is 4.79 Å². The molecule has 2 heterocycles. The molecule has 1 saturated carbocycles. The largest absolute Gasteiger partial charge is 0.490 e. The van der Waals surface area contributed by atoms with Crippen LogP contribution in [0, 0.1) is 0 Å². The number of amides is 2. The minimum absolute atomic E-state index is 0.0662. The molecule has 0 bridgehead atoms. The van der Waals surface area contributed by atoms with Gasteiger partial charge in [-0.15, -0.1) is 5.10 Å². The zero-order chi connectivity index (χ0) is 20.1. The van der Waals surface area contributed by atoms with Crippen molar-refractivity contribution in [3.63, 3.8) is 0 Å². The van der Waals surface area contributed by atoms with Crippen molar-refractivity contribution >= 4 is 6.03 Å². The molecule has 1 atom stereocenters. The summed E-state index contributed by atoms with van der Waals surface area (Å²) in [5, 5.41) is 20.2. The van der Waals surface area contributed by atoms with Crippen molar-refractivity contribution in [2.75, 3.05) is 13.1 Å². The van der Waals surface area contributed by atoms with Crippen molar-refractivity contribution in [1.82, 2.24) is 25.2 Å². The lowest BCUT2D eigenvalue weighted by molar-refractivity contribution is 0.162. The predicted octanol–water partition coefficient (Wildman–Crippen LogP) is 2.64. The van der Waals surface area contributed by atoms with Gasteiger partial charge in [0.1, 0.15) is 11.4 Å². The van der Waals surface area contributed by atoms with Gasteiger partial charge >= 0.3 is 6.03 Å². The zero-order valence-electron chi connectivity index (χ0n) is 16.7. The van der Waals surface area contributed by atoms with Crippen LogP contribution in [-0.4, -0.2) is 50.2 Å². The lowest BCUT2D eigenvalue weighted by Gasteiger charge is -2.32. The van der Waals surface area contributed by atoms with Gasteiger partial charge in [0.05, 0.1) is 24.9 Å². The van der Waals surface area contributed by atoms with E-state index in [1.807, 2.05) is 29.2 Å². The molecule has 0 spiro atoms. The van der Waals surface area contributed by atoms with E-state index in [1.165, 1.54) is 12.8 Å². The summed E-state index contributed by atoms with van der Waals surface area (Å²) >= 11 is 0. The Morgan fingerprint density at radius 2 is 1.97 bits per heavy atom. The second-order valence-corrected chi connectivity index (χ2v) is 7.92. The van der Waals surface area contributed by atoms with E-state index in [1.54, 1.807) is 10.9 Å². The molecular formula is C21H29N5O3. The summed E-state index contributed by atoms with van der Waals surface area (Å²) in [6.07, 6.45) is 8.76. The van der Waals surface area contributed by atoms with Crippen molar-refractivity contribution in [1.29, 1.82) is 0 Å². The molecule has 1 aliphatic heterocycles. The summed E-state index contributed by atoms with van der Waals surface area (Å²) in [4.78, 5) is 14.4. The third kappa shape index (κ3) is 5.06. The maximum atomic E-state index is 12.6. The summed E-state index contributed by atoms with van der Waals surface area (Å²) in [7, 11) is 0. The van der Waals surface area contributed by atoms with Crippen molar-refractivity contribution in [3.05, 3.63) is 41.7 Å². The van der Waals surface area contributed by atoms with E-state index in [2.05, 4.69) is 15.6 Å². The number of benzene rings is 1. The SMILES string of the molecule is O=C(NCc1ccc(OC2CCCC2)cc1)N1CCCC(n2cc(CO)nn2)C1. The Labute approximate surface area is 170 Å². The van der Waals surface area contributed by atoms with Gasteiger partial charge in [-0.3, -0.25) is 0 Å². The van der Waals surface area contributed by atoms with Crippen molar-refractivity contribution in [3.8, 4) is 5.75 Å². The van der Waals surface area contributed by atoms with Gasteiger partial charge in [-0.25, -0.2) is 9.48 Å². The third-order valence-electron chi connectivity index (χ3n) is 5.75. The topological polar surface area (TPSA) is 92.5 Å². The Balaban J connectivity index is 1.26. The van der Waals surface area contributed by atoms with Crippen molar-refractivity contribution in [2.45, 2.75) is 63.8 Å². The minimum Gasteiger partial charge on any atom is -0.490 e. The van der Waals surface area contributed by atoms with Crippen LogP contribution in [0.3, 0.4) is 0 Å². The van der Waals surface area contributed by atoms with E-state index in [0.29, 0.717) is 24.9 Å². The Bertz CT molecular complexity index is 801. The average Bonchev–Trinajstić information content (AvgIpc) is 3.45. The zero-order valence-corrected chi connectivity index (χ0v) is 16.7. The number of aromatic nitrogens is 3. The van der Waals surface area contributed by atoms with Gasteiger partial charge in [0.15, 0.2) is 0 Å². The number of ether oxygens (including phenoxy) is 1. The number of nitrogens with one attached hydrogen (secondary N) is 1. The van der Waals surface area contributed by atoms with E-state index in [4.69, 9.17) is 9.84 Å². The highest BCUT2D eigenvalue weighted by Gasteiger charge is 2.25. The first-order valence-corrected chi connectivity index (χ1v) is 10.5. The van der Waals surface area contributed by atoms with E-state index < -0.39 is 0 Å². The highest BCUT2D eigenvalue weighted by atomic mass is 16.5. The fourth-order valence-electron chi connectivity index (χ4n) is 4.09. The van der Waals surface area contributed by atoms with Gasteiger partial charge in [-0.05, 0) is 56.2 Å². The lowest BCUT2D eigenvalue weighted by Crippen LogP contribution is -2.45. The lowest BCUT2D eigenvalue weighted by atomic mass is 10.1. The van der Waals surface area contributed by atoms with Crippen LogP contribution in [0.5, 0.6) is 5.75 Å². The van der Waals surface area contributed by atoms with Crippen LogP contribution in [-0.2, 0) is 13.2 Å². The molecule has 8 nitrogen and oxygen atoms in total. The van der Waals surface area contributed by atoms with Crippen LogP contribution >= 0.6 is 0 Å². The van der Waals surface area contributed by atoms with Crippen LogP contribution in [0.25, 0.3) is 0 Å². The molecule has 8 heteroatoms. The highest BCUT2D eigenvalue weighted by molar-refractivity contribution is 5.74. The third-order valence-corrected chi connectivity index (χ3v) is 5.75. The number of hydrogen-bond acceptors (Lipinski definition) is 5. The molecule has 1 saturated heterocycles. The van der Waals surface area contributed by atoms with Crippen LogP contribution in [0.4, 0.5) is 4.79 Å². The standard InChI is InChI=1S/C21H29N5O3/c27-15-17-13-26(24-23-17)18-4-3-11-25(14-18)21(28)22-12-16-7-9-20(10-8-16)29-19-5-1-2-6-19/h7-10,13,18-19,27H,1-6,11-12,14-15H2,(H,22,28). The molecule has 2 aliphatic rings. The van der Waals surface area contributed by atoms with Gasteiger partial charge in [-0.2, -0.15) is 0 Å². The monoisotopic (exact) mass is 399 g/mol. The fourth-order valence-corrected chi connectivity index (χ4v) is 4.09. The molecule has 1 aromatic carbocycles. The second-order valence-electron chi connectivity index (χ2n) is 7.92. The number of nitrogens with zero attached hydrogens (tertiary/aromatic N) is 4. The van der Waals surface area contributed by atoms with Crippen LogP contribution in [0.15, 0.2) is 30.5 Å². The van der Waals surface area contributed by atoms with Gasteiger partial charge in [0.25, 0.3) is 0 Å². The van der Waals surface area contributed by atoms with Crippen LogP contribution in [0.1, 0.15) is 55.8 Å². The number of aliphatic hydroxyl groups is 1. The Kier molecular flexibility index (Phi) is 6.29. The molecule has 156 valence electrons. The number of urea groups is 1. The fraction of sp³-hybridized carbons (Fsp3) is 0.571. The molecule has 1 aliphatic carbocycles. The van der Waals surface area contributed by atoms with Gasteiger partial charge in [0, 0.05) is 19.6 Å². The Morgan fingerprint density at radius 1 is 1.17 bits per heavy atom. The summed E-state index contributed by atoms with van der Waals surface area (Å²) in [6, 6.07) is 8.02. The number of aliphatic hydroxyl groups excluding tert-OH is 1.